The third-order valence-corrected chi connectivity index (χ3v) is 5.39. The monoisotopic (exact) mass is 525 g/mol. The lowest BCUT2D eigenvalue weighted by Gasteiger charge is -2.17. The summed E-state index contributed by atoms with van der Waals surface area (Å²) in [5.74, 6) is -0.534. The van der Waals surface area contributed by atoms with E-state index >= 15 is 0 Å². The second kappa shape index (κ2) is 24.6. The molecule has 4 N–H and O–H groups in total. The quantitative estimate of drug-likeness (QED) is 0.0966. The Hall–Kier alpha value is -2.06. The molecule has 0 aromatic rings. The minimum Gasteiger partial charge on any atom is -0.457 e. The van der Waals surface area contributed by atoms with Crippen molar-refractivity contribution in [2.45, 2.75) is 64.4 Å². The van der Waals surface area contributed by atoms with Crippen molar-refractivity contribution in [2.75, 3.05) is 26.4 Å². The highest BCUT2D eigenvalue weighted by atomic mass is 31.2. The molecule has 0 amide bonds. The van der Waals surface area contributed by atoms with E-state index in [1.807, 2.05) is 12.2 Å². The summed E-state index contributed by atoms with van der Waals surface area (Å²) in [6, 6.07) is 0. The molecule has 2 unspecified atom stereocenters. The molecule has 0 radical (unpaired) electrons. The Balaban J connectivity index is 3.87. The van der Waals surface area contributed by atoms with E-state index in [0.717, 1.165) is 38.5 Å². The van der Waals surface area contributed by atoms with Gasteiger partial charge in [-0.25, -0.2) is 4.57 Å². The van der Waals surface area contributed by atoms with Crippen LogP contribution in [0.5, 0.6) is 0 Å². The third-order valence-electron chi connectivity index (χ3n) is 4.41. The van der Waals surface area contributed by atoms with Gasteiger partial charge < -0.3 is 20.5 Å². The summed E-state index contributed by atoms with van der Waals surface area (Å²) in [6.45, 7) is 1.04. The molecule has 0 heterocycles. The van der Waals surface area contributed by atoms with Gasteiger partial charge in [-0.05, 0) is 44.9 Å². The number of nitrogens with two attached hydrogens (primary N) is 1. The molecule has 0 saturated carbocycles. The number of phosphoric ester groups is 1. The summed E-state index contributed by atoms with van der Waals surface area (Å²) in [5.41, 5.74) is 5.19. The van der Waals surface area contributed by atoms with E-state index in [1.165, 1.54) is 0 Å². The van der Waals surface area contributed by atoms with Gasteiger partial charge >= 0.3 is 13.8 Å². The Morgan fingerprint density at radius 1 is 0.833 bits per heavy atom. The molecule has 0 aliphatic heterocycles. The van der Waals surface area contributed by atoms with Crippen LogP contribution in [-0.4, -0.2) is 48.4 Å². The maximum Gasteiger partial charge on any atom is 0.472 e. The van der Waals surface area contributed by atoms with Crippen LogP contribution in [0.4, 0.5) is 0 Å². The topological polar surface area (TPSA) is 128 Å². The zero-order valence-electron chi connectivity index (χ0n) is 21.5. The Labute approximate surface area is 216 Å². The average molecular weight is 526 g/mol. The molecule has 0 aromatic heterocycles. The normalized spacial score (nSPS) is 15.3. The summed E-state index contributed by atoms with van der Waals surface area (Å²) < 4.78 is 25.9. The van der Waals surface area contributed by atoms with Crippen LogP contribution in [0, 0.1) is 0 Å². The SMILES string of the molecule is CCC=CCC=CCC=CCC=CCC=CCC=CCCC(=O)OC(CO)COP(=O)(O)OCCN. The van der Waals surface area contributed by atoms with Crippen molar-refractivity contribution in [3.8, 4) is 0 Å². The zero-order valence-corrected chi connectivity index (χ0v) is 22.3. The summed E-state index contributed by atoms with van der Waals surface area (Å²) in [7, 11) is -4.29. The molecular weight excluding hydrogens is 481 g/mol. The number of esters is 1. The molecular formula is C27H44NO7P. The Kier molecular flexibility index (Phi) is 23.2. The summed E-state index contributed by atoms with van der Waals surface area (Å²) in [5, 5.41) is 9.26. The van der Waals surface area contributed by atoms with Crippen molar-refractivity contribution in [3.05, 3.63) is 72.9 Å². The molecule has 0 bridgehead atoms. The molecule has 8 nitrogen and oxygen atoms in total. The first-order valence-electron chi connectivity index (χ1n) is 12.5. The first-order chi connectivity index (χ1) is 17.4. The number of allylic oxidation sites excluding steroid dienone is 12. The molecule has 204 valence electrons. The number of rotatable bonds is 22. The van der Waals surface area contributed by atoms with Gasteiger partial charge in [-0.15, -0.1) is 0 Å². The lowest BCUT2D eigenvalue weighted by Crippen LogP contribution is -2.27. The van der Waals surface area contributed by atoms with E-state index in [9.17, 15) is 19.4 Å². The number of carbonyl (C=O) groups is 1. The van der Waals surface area contributed by atoms with Gasteiger partial charge in [-0.3, -0.25) is 13.8 Å². The molecule has 0 saturated heterocycles. The summed E-state index contributed by atoms with van der Waals surface area (Å²) in [4.78, 5) is 21.3. The number of hydrogen-bond acceptors (Lipinski definition) is 7. The van der Waals surface area contributed by atoms with Gasteiger partial charge in [-0.1, -0.05) is 79.8 Å². The van der Waals surface area contributed by atoms with Gasteiger partial charge in [0.1, 0.15) is 6.10 Å². The van der Waals surface area contributed by atoms with Crippen molar-refractivity contribution in [1.29, 1.82) is 0 Å². The summed E-state index contributed by atoms with van der Waals surface area (Å²) >= 11 is 0. The second-order valence-electron chi connectivity index (χ2n) is 7.63. The first-order valence-corrected chi connectivity index (χ1v) is 14.0. The average Bonchev–Trinajstić information content (AvgIpc) is 2.86. The van der Waals surface area contributed by atoms with Crippen LogP contribution < -0.4 is 5.73 Å². The van der Waals surface area contributed by atoms with Crippen molar-refractivity contribution < 1.29 is 33.1 Å². The molecule has 0 aromatic carbocycles. The van der Waals surface area contributed by atoms with E-state index in [-0.39, 0.29) is 19.6 Å². The van der Waals surface area contributed by atoms with Crippen LogP contribution in [0.2, 0.25) is 0 Å². The number of aliphatic hydroxyl groups excluding tert-OH is 1. The van der Waals surface area contributed by atoms with Crippen molar-refractivity contribution >= 4 is 13.8 Å². The van der Waals surface area contributed by atoms with Crippen molar-refractivity contribution in [1.82, 2.24) is 0 Å². The largest absolute Gasteiger partial charge is 0.472 e. The highest BCUT2D eigenvalue weighted by Gasteiger charge is 2.24. The molecule has 0 aliphatic carbocycles. The van der Waals surface area contributed by atoms with Crippen LogP contribution >= 0.6 is 7.82 Å². The fraction of sp³-hybridized carbons (Fsp3) is 0.519. The van der Waals surface area contributed by atoms with E-state index in [1.54, 1.807) is 0 Å². The van der Waals surface area contributed by atoms with E-state index in [4.69, 9.17) is 15.0 Å². The van der Waals surface area contributed by atoms with Crippen LogP contribution in [0.25, 0.3) is 0 Å². The first kappa shape index (κ1) is 33.9. The zero-order chi connectivity index (χ0) is 26.7. The lowest BCUT2D eigenvalue weighted by atomic mass is 10.2. The van der Waals surface area contributed by atoms with Crippen LogP contribution in [0.3, 0.4) is 0 Å². The van der Waals surface area contributed by atoms with E-state index < -0.39 is 33.1 Å². The number of aliphatic hydroxyl groups is 1. The molecule has 36 heavy (non-hydrogen) atoms. The fourth-order valence-corrected chi connectivity index (χ4v) is 3.36. The van der Waals surface area contributed by atoms with E-state index in [2.05, 4.69) is 72.2 Å². The van der Waals surface area contributed by atoms with Crippen LogP contribution in [0.15, 0.2) is 72.9 Å². The standard InChI is InChI=1S/C27H44NO7P/c1-2-3-4-5-6-7-8-9-10-11-12-13-14-15-16-17-18-19-20-21-27(30)35-26(24-29)25-34-36(31,32)33-23-22-28/h3-4,6-7,9-10,12-13,15-16,18-19,26,29H,2,5,8,11,14,17,20-25,28H2,1H3,(H,31,32). The van der Waals surface area contributed by atoms with Gasteiger partial charge in [-0.2, -0.15) is 0 Å². The lowest BCUT2D eigenvalue weighted by molar-refractivity contribution is -0.153. The third kappa shape index (κ3) is 23.7. The Bertz CT molecular complexity index is 772. The second-order valence-corrected chi connectivity index (χ2v) is 9.09. The van der Waals surface area contributed by atoms with Crippen LogP contribution in [-0.2, 0) is 23.1 Å². The number of carbonyl (C=O) groups excluding carboxylic acids is 1. The van der Waals surface area contributed by atoms with E-state index in [0.29, 0.717) is 6.42 Å². The number of ether oxygens (including phenoxy) is 1. The highest BCUT2D eigenvalue weighted by Crippen LogP contribution is 2.42. The summed E-state index contributed by atoms with van der Waals surface area (Å²) in [6.07, 6.45) is 30.5. The predicted molar refractivity (Wildman–Crippen MR) is 145 cm³/mol. The Morgan fingerprint density at radius 2 is 1.31 bits per heavy atom. The fourth-order valence-electron chi connectivity index (χ4n) is 2.59. The van der Waals surface area contributed by atoms with Gasteiger partial charge in [0.05, 0.1) is 19.8 Å². The van der Waals surface area contributed by atoms with Gasteiger partial charge in [0, 0.05) is 13.0 Å². The van der Waals surface area contributed by atoms with Gasteiger partial charge in [0.2, 0.25) is 0 Å². The Morgan fingerprint density at radius 3 is 1.75 bits per heavy atom. The predicted octanol–water partition coefficient (Wildman–Crippen LogP) is 5.46. The van der Waals surface area contributed by atoms with Crippen LogP contribution in [0.1, 0.15) is 58.3 Å². The molecule has 2 atom stereocenters. The highest BCUT2D eigenvalue weighted by molar-refractivity contribution is 7.47. The molecule has 0 spiro atoms. The minimum atomic E-state index is -4.29. The maximum absolute atomic E-state index is 11.9. The molecule has 0 aliphatic rings. The smallest absolute Gasteiger partial charge is 0.457 e. The minimum absolute atomic E-state index is 0.0565. The van der Waals surface area contributed by atoms with Crippen molar-refractivity contribution in [2.24, 2.45) is 5.73 Å². The number of phosphoric acid groups is 1. The molecule has 0 fully saturated rings. The van der Waals surface area contributed by atoms with Gasteiger partial charge in [0.25, 0.3) is 0 Å². The maximum atomic E-state index is 11.9. The molecule has 0 rings (SSSR count). The van der Waals surface area contributed by atoms with Gasteiger partial charge in [0.15, 0.2) is 0 Å². The van der Waals surface area contributed by atoms with Crippen molar-refractivity contribution in [3.63, 3.8) is 0 Å². The number of hydrogen-bond donors (Lipinski definition) is 3. The molecule has 9 heteroatoms.